The standard InChI is InChI=1S/C27H38NO2/c1-18-5-4-14-28(16-18)17-25(30)24-9-8-22-21-7-6-19-15-20(29)10-12-26(19,2)23(21)11-13-27(22,24)3/h4-6,14,16,20-24,29H,7-13,15,17H2,1-3H3/q+1. The number of aliphatic hydroxyl groups is 1. The van der Waals surface area contributed by atoms with Gasteiger partial charge in [0.05, 0.1) is 6.10 Å². The molecular formula is C27H38NO2+. The number of fused-ring (bicyclic) bond motifs is 5. The summed E-state index contributed by atoms with van der Waals surface area (Å²) in [7, 11) is 0. The zero-order valence-electron chi connectivity index (χ0n) is 18.9. The molecule has 162 valence electrons. The Labute approximate surface area is 181 Å². The molecule has 0 spiro atoms. The lowest BCUT2D eigenvalue weighted by molar-refractivity contribution is -0.685. The number of pyridine rings is 1. The van der Waals surface area contributed by atoms with Gasteiger partial charge in [0.2, 0.25) is 12.3 Å². The number of aliphatic hydroxyl groups excluding tert-OH is 1. The van der Waals surface area contributed by atoms with Crippen LogP contribution in [0.25, 0.3) is 0 Å². The van der Waals surface area contributed by atoms with Crippen LogP contribution in [0.1, 0.15) is 70.8 Å². The number of rotatable bonds is 3. The second-order valence-electron chi connectivity index (χ2n) is 11.4. The number of Topliss-reactive ketones (excluding diaryl/α,β-unsaturated/α-hetero) is 1. The average molecular weight is 409 g/mol. The maximum absolute atomic E-state index is 13.4. The van der Waals surface area contributed by atoms with Crippen LogP contribution in [0.3, 0.4) is 0 Å². The summed E-state index contributed by atoms with van der Waals surface area (Å²) in [6.07, 6.45) is 15.3. The van der Waals surface area contributed by atoms with E-state index in [-0.39, 0.29) is 22.9 Å². The summed E-state index contributed by atoms with van der Waals surface area (Å²) in [5, 5.41) is 10.2. The molecule has 0 aromatic carbocycles. The zero-order valence-corrected chi connectivity index (χ0v) is 18.9. The lowest BCUT2D eigenvalue weighted by atomic mass is 9.47. The lowest BCUT2D eigenvalue weighted by Gasteiger charge is -2.57. The molecular weight excluding hydrogens is 370 g/mol. The Bertz CT molecular complexity index is 875. The molecule has 5 rings (SSSR count). The van der Waals surface area contributed by atoms with Gasteiger partial charge in [0.1, 0.15) is 0 Å². The molecule has 1 N–H and O–H groups in total. The van der Waals surface area contributed by atoms with E-state index in [4.69, 9.17) is 0 Å². The molecule has 4 aliphatic rings. The number of hydrogen-bond acceptors (Lipinski definition) is 2. The van der Waals surface area contributed by atoms with Gasteiger partial charge in [-0.2, -0.15) is 4.57 Å². The number of aryl methyl sites for hydroxylation is 1. The van der Waals surface area contributed by atoms with Crippen LogP contribution in [-0.2, 0) is 11.3 Å². The minimum absolute atomic E-state index is 0.137. The molecule has 1 aromatic rings. The molecule has 0 saturated heterocycles. The van der Waals surface area contributed by atoms with Crippen molar-refractivity contribution in [3.8, 4) is 0 Å². The molecule has 3 heteroatoms. The maximum atomic E-state index is 13.4. The summed E-state index contributed by atoms with van der Waals surface area (Å²) in [5.41, 5.74) is 3.19. The molecule has 1 heterocycles. The van der Waals surface area contributed by atoms with Gasteiger partial charge in [-0.3, -0.25) is 4.79 Å². The van der Waals surface area contributed by atoms with E-state index in [0.29, 0.717) is 18.2 Å². The molecule has 3 nitrogen and oxygen atoms in total. The second-order valence-corrected chi connectivity index (χ2v) is 11.4. The first kappa shape index (κ1) is 20.4. The van der Waals surface area contributed by atoms with Crippen molar-refractivity contribution in [2.24, 2.45) is 34.5 Å². The highest BCUT2D eigenvalue weighted by molar-refractivity contribution is 5.81. The molecule has 7 unspecified atom stereocenters. The average Bonchev–Trinajstić information content (AvgIpc) is 3.06. The molecule has 3 fully saturated rings. The molecule has 30 heavy (non-hydrogen) atoms. The number of aromatic nitrogens is 1. The topological polar surface area (TPSA) is 41.2 Å². The number of carbonyl (C=O) groups is 1. The lowest BCUT2D eigenvalue weighted by Crippen LogP contribution is -2.51. The van der Waals surface area contributed by atoms with Crippen LogP contribution in [0.5, 0.6) is 0 Å². The summed E-state index contributed by atoms with van der Waals surface area (Å²) in [4.78, 5) is 13.4. The number of hydrogen-bond donors (Lipinski definition) is 1. The number of carbonyl (C=O) groups excluding carboxylic acids is 1. The van der Waals surface area contributed by atoms with Crippen LogP contribution in [0.15, 0.2) is 36.2 Å². The molecule has 3 saturated carbocycles. The Kier molecular flexibility index (Phi) is 4.96. The van der Waals surface area contributed by atoms with E-state index in [0.717, 1.165) is 43.9 Å². The molecule has 4 aliphatic carbocycles. The van der Waals surface area contributed by atoms with Crippen LogP contribution in [0, 0.1) is 41.4 Å². The van der Waals surface area contributed by atoms with Gasteiger partial charge in [-0.05, 0) is 92.9 Å². The Morgan fingerprint density at radius 3 is 2.80 bits per heavy atom. The third kappa shape index (κ3) is 3.11. The summed E-state index contributed by atoms with van der Waals surface area (Å²) in [6.45, 7) is 7.53. The van der Waals surface area contributed by atoms with Crippen LogP contribution < -0.4 is 4.57 Å². The highest BCUT2D eigenvalue weighted by Gasteiger charge is 2.59. The third-order valence-electron chi connectivity index (χ3n) is 9.81. The highest BCUT2D eigenvalue weighted by Crippen LogP contribution is 2.66. The number of nitrogens with zero attached hydrogens (tertiary/aromatic N) is 1. The first-order valence-corrected chi connectivity index (χ1v) is 12.2. The van der Waals surface area contributed by atoms with Crippen molar-refractivity contribution in [1.29, 1.82) is 0 Å². The Morgan fingerprint density at radius 1 is 1.17 bits per heavy atom. The normalized spacial score (nSPS) is 42.7. The summed E-state index contributed by atoms with van der Waals surface area (Å²) < 4.78 is 2.07. The van der Waals surface area contributed by atoms with Gasteiger partial charge in [-0.25, -0.2) is 0 Å². The van der Waals surface area contributed by atoms with E-state index < -0.39 is 0 Å². The smallest absolute Gasteiger partial charge is 0.206 e. The van der Waals surface area contributed by atoms with Gasteiger partial charge in [-0.1, -0.05) is 25.5 Å². The molecule has 1 aromatic heterocycles. The van der Waals surface area contributed by atoms with Gasteiger partial charge in [-0.15, -0.1) is 0 Å². The maximum Gasteiger partial charge on any atom is 0.206 e. The van der Waals surface area contributed by atoms with Crippen molar-refractivity contribution >= 4 is 5.78 Å². The molecule has 0 radical (unpaired) electrons. The van der Waals surface area contributed by atoms with Gasteiger partial charge >= 0.3 is 0 Å². The fraction of sp³-hybridized carbons (Fsp3) is 0.704. The largest absolute Gasteiger partial charge is 0.393 e. The van der Waals surface area contributed by atoms with E-state index in [1.54, 1.807) is 0 Å². The van der Waals surface area contributed by atoms with Crippen molar-refractivity contribution in [2.75, 3.05) is 0 Å². The van der Waals surface area contributed by atoms with Crippen molar-refractivity contribution in [1.82, 2.24) is 0 Å². The Balaban J connectivity index is 1.37. The Hall–Kier alpha value is -1.48. The third-order valence-corrected chi connectivity index (χ3v) is 9.81. The molecule has 0 aliphatic heterocycles. The van der Waals surface area contributed by atoms with E-state index in [1.807, 2.05) is 12.3 Å². The zero-order chi connectivity index (χ0) is 21.1. The predicted molar refractivity (Wildman–Crippen MR) is 118 cm³/mol. The van der Waals surface area contributed by atoms with E-state index >= 15 is 0 Å². The van der Waals surface area contributed by atoms with E-state index in [9.17, 15) is 9.90 Å². The summed E-state index contributed by atoms with van der Waals surface area (Å²) in [6, 6.07) is 4.13. The SMILES string of the molecule is Cc1ccc[n+](CC(=O)C2CCC3C4CC=C5CC(O)CCC5(C)C4CCC23C)c1. The number of allylic oxidation sites excluding steroid dienone is 1. The van der Waals surface area contributed by atoms with Gasteiger partial charge in [0, 0.05) is 17.5 Å². The monoisotopic (exact) mass is 408 g/mol. The first-order valence-electron chi connectivity index (χ1n) is 12.2. The number of ketones is 1. The first-order chi connectivity index (χ1) is 14.3. The van der Waals surface area contributed by atoms with Crippen molar-refractivity contribution in [3.05, 3.63) is 41.7 Å². The van der Waals surface area contributed by atoms with Crippen LogP contribution in [0.2, 0.25) is 0 Å². The van der Waals surface area contributed by atoms with Gasteiger partial charge in [0.25, 0.3) is 0 Å². The van der Waals surface area contributed by atoms with E-state index in [1.165, 1.54) is 30.4 Å². The van der Waals surface area contributed by atoms with Crippen molar-refractivity contribution in [3.63, 3.8) is 0 Å². The van der Waals surface area contributed by atoms with E-state index in [2.05, 4.69) is 43.7 Å². The van der Waals surface area contributed by atoms with Crippen LogP contribution in [0.4, 0.5) is 0 Å². The van der Waals surface area contributed by atoms with Crippen LogP contribution >= 0.6 is 0 Å². The minimum atomic E-state index is -0.137. The quantitative estimate of drug-likeness (QED) is 0.577. The predicted octanol–water partition coefficient (Wildman–Crippen LogP) is 4.79. The van der Waals surface area contributed by atoms with Gasteiger partial charge < -0.3 is 5.11 Å². The molecule has 0 amide bonds. The second kappa shape index (κ2) is 7.29. The highest BCUT2D eigenvalue weighted by atomic mass is 16.3. The Morgan fingerprint density at radius 2 is 2.00 bits per heavy atom. The molecule has 0 bridgehead atoms. The minimum Gasteiger partial charge on any atom is -0.393 e. The summed E-state index contributed by atoms with van der Waals surface area (Å²) in [5.74, 6) is 2.78. The fourth-order valence-electron chi connectivity index (χ4n) is 8.21. The van der Waals surface area contributed by atoms with Gasteiger partial charge in [0.15, 0.2) is 12.4 Å². The van der Waals surface area contributed by atoms with Crippen molar-refractivity contribution in [2.45, 2.75) is 84.8 Å². The summed E-state index contributed by atoms with van der Waals surface area (Å²) >= 11 is 0. The van der Waals surface area contributed by atoms with Crippen LogP contribution in [-0.4, -0.2) is 17.0 Å². The fourth-order valence-corrected chi connectivity index (χ4v) is 8.21. The molecule has 7 atom stereocenters. The van der Waals surface area contributed by atoms with Crippen molar-refractivity contribution < 1.29 is 14.5 Å².